The van der Waals surface area contributed by atoms with E-state index in [-0.39, 0.29) is 18.3 Å². The molecule has 1 aromatic rings. The van der Waals surface area contributed by atoms with E-state index < -0.39 is 0 Å². The van der Waals surface area contributed by atoms with Gasteiger partial charge in [-0.3, -0.25) is 9.59 Å². The van der Waals surface area contributed by atoms with Gasteiger partial charge in [-0.05, 0) is 25.0 Å². The van der Waals surface area contributed by atoms with Crippen LogP contribution in [0.2, 0.25) is 0 Å². The van der Waals surface area contributed by atoms with Crippen LogP contribution in [0.3, 0.4) is 0 Å². The number of amides is 1. The van der Waals surface area contributed by atoms with E-state index in [2.05, 4.69) is 5.32 Å². The van der Waals surface area contributed by atoms with E-state index in [1.165, 1.54) is 0 Å². The number of benzene rings is 1. The van der Waals surface area contributed by atoms with Crippen molar-refractivity contribution in [2.45, 2.75) is 25.3 Å². The van der Waals surface area contributed by atoms with Gasteiger partial charge in [0.25, 0.3) is 0 Å². The molecule has 1 aliphatic carbocycles. The summed E-state index contributed by atoms with van der Waals surface area (Å²) >= 11 is 0. The maximum Gasteiger partial charge on any atom is 0.223 e. The van der Waals surface area contributed by atoms with Gasteiger partial charge in [-0.2, -0.15) is 0 Å². The van der Waals surface area contributed by atoms with E-state index in [9.17, 15) is 9.59 Å². The number of Topliss-reactive ketones (excluding diaryl/α,β-unsaturated/α-hetero) is 1. The topological polar surface area (TPSA) is 64.6 Å². The lowest BCUT2D eigenvalue weighted by atomic mass is 10.1. The predicted molar refractivity (Wildman–Crippen MR) is 67.5 cm³/mol. The van der Waals surface area contributed by atoms with Gasteiger partial charge >= 0.3 is 0 Å². The van der Waals surface area contributed by atoms with E-state index in [1.54, 1.807) is 18.2 Å². The number of rotatable bonds is 5. The largest absolute Gasteiger partial charge is 0.493 e. The molecule has 0 unspecified atom stereocenters. The smallest absolute Gasteiger partial charge is 0.223 e. The van der Waals surface area contributed by atoms with Gasteiger partial charge in [0.15, 0.2) is 6.61 Å². The molecule has 1 saturated carbocycles. The molecule has 1 N–H and O–H groups in total. The van der Waals surface area contributed by atoms with Crippen LogP contribution >= 0.6 is 0 Å². The first kappa shape index (κ1) is 12.0. The lowest BCUT2D eigenvalue weighted by Crippen LogP contribution is -2.26. The van der Waals surface area contributed by atoms with Crippen LogP contribution in [-0.2, 0) is 4.79 Å². The molecule has 1 amide bonds. The number of hydrogen-bond acceptors (Lipinski definition) is 4. The molecule has 5 nitrogen and oxygen atoms in total. The molecule has 3 rings (SSSR count). The van der Waals surface area contributed by atoms with Crippen LogP contribution in [0.4, 0.5) is 0 Å². The van der Waals surface area contributed by atoms with Crippen LogP contribution in [0.15, 0.2) is 18.2 Å². The van der Waals surface area contributed by atoms with E-state index in [4.69, 9.17) is 9.47 Å². The minimum atomic E-state index is -0.00892. The third-order valence-electron chi connectivity index (χ3n) is 3.15. The predicted octanol–water partition coefficient (Wildman–Crippen LogP) is 1.31. The first-order valence-electron chi connectivity index (χ1n) is 6.44. The van der Waals surface area contributed by atoms with E-state index >= 15 is 0 Å². The Hall–Kier alpha value is -2.04. The summed E-state index contributed by atoms with van der Waals surface area (Å²) in [5.74, 6) is 1.19. The first-order valence-corrected chi connectivity index (χ1v) is 6.44. The van der Waals surface area contributed by atoms with Gasteiger partial charge in [0, 0.05) is 12.1 Å². The van der Waals surface area contributed by atoms with Crippen molar-refractivity contribution in [1.82, 2.24) is 5.32 Å². The van der Waals surface area contributed by atoms with E-state index in [0.29, 0.717) is 36.1 Å². The number of carbonyl (C=O) groups is 2. The van der Waals surface area contributed by atoms with Crippen molar-refractivity contribution < 1.29 is 19.1 Å². The SMILES string of the molecule is O=C(CCOc1ccc2c(c1)OCC2=O)NC1CC1. The fourth-order valence-electron chi connectivity index (χ4n) is 1.95. The summed E-state index contributed by atoms with van der Waals surface area (Å²) in [6, 6.07) is 5.50. The van der Waals surface area contributed by atoms with Crippen LogP contribution in [0.5, 0.6) is 11.5 Å². The second-order valence-electron chi connectivity index (χ2n) is 4.81. The maximum atomic E-state index is 11.5. The molecular formula is C14H15NO4. The fraction of sp³-hybridized carbons (Fsp3) is 0.429. The van der Waals surface area contributed by atoms with Gasteiger partial charge in [0.05, 0.1) is 18.6 Å². The van der Waals surface area contributed by atoms with Crippen molar-refractivity contribution in [2.75, 3.05) is 13.2 Å². The Kier molecular flexibility index (Phi) is 3.11. The van der Waals surface area contributed by atoms with Crippen LogP contribution in [0, 0.1) is 0 Å². The lowest BCUT2D eigenvalue weighted by Gasteiger charge is -2.07. The summed E-state index contributed by atoms with van der Waals surface area (Å²) in [6.45, 7) is 0.424. The summed E-state index contributed by atoms with van der Waals surface area (Å²) in [6.07, 6.45) is 2.51. The van der Waals surface area contributed by atoms with Crippen LogP contribution in [-0.4, -0.2) is 30.9 Å². The molecule has 1 heterocycles. The number of hydrogen-bond donors (Lipinski definition) is 1. The molecule has 0 spiro atoms. The second kappa shape index (κ2) is 4.91. The van der Waals surface area contributed by atoms with Crippen molar-refractivity contribution in [3.05, 3.63) is 23.8 Å². The zero-order valence-corrected chi connectivity index (χ0v) is 10.5. The van der Waals surface area contributed by atoms with Crippen molar-refractivity contribution in [3.8, 4) is 11.5 Å². The van der Waals surface area contributed by atoms with Gasteiger partial charge in [0.2, 0.25) is 11.7 Å². The fourth-order valence-corrected chi connectivity index (χ4v) is 1.95. The molecule has 1 fully saturated rings. The zero-order chi connectivity index (χ0) is 13.2. The summed E-state index contributed by atoms with van der Waals surface area (Å²) in [5, 5.41) is 2.90. The average Bonchev–Trinajstić information content (AvgIpc) is 3.13. The molecule has 1 aromatic carbocycles. The highest BCUT2D eigenvalue weighted by Crippen LogP contribution is 2.29. The maximum absolute atomic E-state index is 11.5. The number of ether oxygens (including phenoxy) is 2. The third-order valence-corrected chi connectivity index (χ3v) is 3.15. The van der Waals surface area contributed by atoms with Crippen molar-refractivity contribution >= 4 is 11.7 Å². The number of nitrogens with one attached hydrogen (secondary N) is 1. The normalized spacial score (nSPS) is 16.7. The number of fused-ring (bicyclic) bond motifs is 1. The molecule has 1 aliphatic heterocycles. The average molecular weight is 261 g/mol. The molecule has 0 saturated heterocycles. The zero-order valence-electron chi connectivity index (χ0n) is 10.5. The number of ketones is 1. The van der Waals surface area contributed by atoms with Crippen LogP contribution in [0.1, 0.15) is 29.6 Å². The first-order chi connectivity index (χ1) is 9.22. The Morgan fingerprint density at radius 3 is 3.05 bits per heavy atom. The third kappa shape index (κ3) is 2.86. The van der Waals surface area contributed by atoms with Gasteiger partial charge in [-0.15, -0.1) is 0 Å². The summed E-state index contributed by atoms with van der Waals surface area (Å²) < 4.78 is 10.7. The summed E-state index contributed by atoms with van der Waals surface area (Å²) in [5.41, 5.74) is 0.596. The quantitative estimate of drug-likeness (QED) is 0.868. The van der Waals surface area contributed by atoms with Gasteiger partial charge in [0.1, 0.15) is 11.5 Å². The molecule has 0 radical (unpaired) electrons. The summed E-state index contributed by atoms with van der Waals surface area (Å²) in [7, 11) is 0. The Labute approximate surface area is 110 Å². The van der Waals surface area contributed by atoms with Crippen LogP contribution in [0.25, 0.3) is 0 Å². The molecule has 19 heavy (non-hydrogen) atoms. The standard InChI is InChI=1S/C14H15NO4/c16-12-8-19-13-7-10(3-4-11(12)13)18-6-5-14(17)15-9-1-2-9/h3-4,7,9H,1-2,5-6,8H2,(H,15,17). The van der Waals surface area contributed by atoms with Gasteiger partial charge < -0.3 is 14.8 Å². The molecule has 0 aromatic heterocycles. The molecular weight excluding hydrogens is 246 g/mol. The minimum absolute atomic E-state index is 0.00892. The molecule has 5 heteroatoms. The Bertz CT molecular complexity index is 522. The minimum Gasteiger partial charge on any atom is -0.493 e. The Morgan fingerprint density at radius 2 is 2.26 bits per heavy atom. The summed E-state index contributed by atoms with van der Waals surface area (Å²) in [4.78, 5) is 22.8. The number of carbonyl (C=O) groups excluding carboxylic acids is 2. The van der Waals surface area contributed by atoms with E-state index in [0.717, 1.165) is 12.8 Å². The van der Waals surface area contributed by atoms with Crippen LogP contribution < -0.4 is 14.8 Å². The van der Waals surface area contributed by atoms with E-state index in [1.807, 2.05) is 0 Å². The highest BCUT2D eigenvalue weighted by molar-refractivity contribution is 6.02. The molecule has 0 bridgehead atoms. The second-order valence-corrected chi connectivity index (χ2v) is 4.81. The van der Waals surface area contributed by atoms with Crippen molar-refractivity contribution in [1.29, 1.82) is 0 Å². The van der Waals surface area contributed by atoms with Crippen molar-refractivity contribution in [2.24, 2.45) is 0 Å². The Balaban J connectivity index is 1.50. The molecule has 0 atom stereocenters. The molecule has 2 aliphatic rings. The molecule has 100 valence electrons. The van der Waals surface area contributed by atoms with Crippen molar-refractivity contribution in [3.63, 3.8) is 0 Å². The lowest BCUT2D eigenvalue weighted by molar-refractivity contribution is -0.121. The highest BCUT2D eigenvalue weighted by Gasteiger charge is 2.23. The highest BCUT2D eigenvalue weighted by atomic mass is 16.5. The monoisotopic (exact) mass is 261 g/mol. The van der Waals surface area contributed by atoms with Gasteiger partial charge in [-0.25, -0.2) is 0 Å². The Morgan fingerprint density at radius 1 is 1.42 bits per heavy atom. The van der Waals surface area contributed by atoms with Gasteiger partial charge in [-0.1, -0.05) is 0 Å².